The van der Waals surface area contributed by atoms with Crippen molar-refractivity contribution in [3.05, 3.63) is 24.0 Å². The average molecular weight is 238 g/mol. The molecule has 0 saturated carbocycles. The Morgan fingerprint density at radius 3 is 2.82 bits per heavy atom. The Morgan fingerprint density at radius 1 is 1.59 bits per heavy atom. The molecular formula is C11H14N2O4. The summed E-state index contributed by atoms with van der Waals surface area (Å²) < 4.78 is 6.71. The number of rotatable bonds is 3. The molecule has 1 aliphatic heterocycles. The van der Waals surface area contributed by atoms with Crippen LogP contribution in [0.1, 0.15) is 16.9 Å². The molecule has 92 valence electrons. The summed E-state index contributed by atoms with van der Waals surface area (Å²) in [6.45, 7) is 0.359. The lowest BCUT2D eigenvalue weighted by atomic mass is 9.99. The second-order valence-electron chi connectivity index (χ2n) is 4.15. The van der Waals surface area contributed by atoms with E-state index in [0.717, 1.165) is 0 Å². The number of nitrogens with zero attached hydrogens (tertiary/aromatic N) is 1. The first-order chi connectivity index (χ1) is 8.05. The summed E-state index contributed by atoms with van der Waals surface area (Å²) in [4.78, 5) is 23.2. The van der Waals surface area contributed by atoms with Gasteiger partial charge in [-0.25, -0.2) is 4.79 Å². The van der Waals surface area contributed by atoms with Crippen molar-refractivity contribution >= 4 is 11.9 Å². The topological polar surface area (TPSA) is 80.6 Å². The quantitative estimate of drug-likeness (QED) is 0.776. The molecule has 1 aromatic heterocycles. The van der Waals surface area contributed by atoms with E-state index >= 15 is 0 Å². The Hall–Kier alpha value is -1.82. The Bertz CT molecular complexity index is 446. The minimum absolute atomic E-state index is 0.0124. The molecule has 1 aliphatic rings. The maximum Gasteiger partial charge on any atom is 0.331 e. The molecule has 0 aromatic carbocycles. The van der Waals surface area contributed by atoms with Crippen LogP contribution in [0.5, 0.6) is 0 Å². The number of carbonyl (C=O) groups excluding carboxylic acids is 1. The summed E-state index contributed by atoms with van der Waals surface area (Å²) in [5.41, 5.74) is -0.862. The van der Waals surface area contributed by atoms with Crippen molar-refractivity contribution in [2.75, 3.05) is 13.2 Å². The summed E-state index contributed by atoms with van der Waals surface area (Å²) in [5.74, 6) is -1.46. The highest BCUT2D eigenvalue weighted by Crippen LogP contribution is 2.19. The van der Waals surface area contributed by atoms with Gasteiger partial charge in [0, 0.05) is 26.3 Å². The van der Waals surface area contributed by atoms with Crippen molar-refractivity contribution in [3.8, 4) is 0 Å². The first-order valence-corrected chi connectivity index (χ1v) is 5.30. The number of aliphatic carboxylic acids is 1. The average Bonchev–Trinajstić information content (AvgIpc) is 2.87. The molecular weight excluding hydrogens is 224 g/mol. The number of nitrogens with one attached hydrogen (secondary N) is 1. The number of hydrogen-bond acceptors (Lipinski definition) is 3. The second-order valence-corrected chi connectivity index (χ2v) is 4.15. The molecule has 2 N–H and O–H groups in total. The van der Waals surface area contributed by atoms with Gasteiger partial charge in [0.1, 0.15) is 5.69 Å². The molecule has 0 bridgehead atoms. The van der Waals surface area contributed by atoms with Crippen LogP contribution in [0.4, 0.5) is 0 Å². The number of amides is 1. The van der Waals surface area contributed by atoms with Gasteiger partial charge in [-0.1, -0.05) is 0 Å². The van der Waals surface area contributed by atoms with Crippen molar-refractivity contribution in [1.82, 2.24) is 9.88 Å². The molecule has 17 heavy (non-hydrogen) atoms. The predicted octanol–water partition coefficient (Wildman–Crippen LogP) is -0.00140. The second kappa shape index (κ2) is 4.21. The van der Waals surface area contributed by atoms with E-state index in [0.29, 0.717) is 18.7 Å². The number of aromatic nitrogens is 1. The van der Waals surface area contributed by atoms with E-state index in [4.69, 9.17) is 4.74 Å². The van der Waals surface area contributed by atoms with Gasteiger partial charge in [-0.15, -0.1) is 0 Å². The van der Waals surface area contributed by atoms with E-state index in [1.54, 1.807) is 29.9 Å². The number of carbonyl (C=O) groups is 2. The van der Waals surface area contributed by atoms with Gasteiger partial charge in [-0.2, -0.15) is 0 Å². The lowest BCUT2D eigenvalue weighted by Gasteiger charge is -2.23. The van der Waals surface area contributed by atoms with Crippen LogP contribution in [0, 0.1) is 0 Å². The standard InChI is InChI=1S/C11H14N2O4/c1-13-5-2-3-8(13)9(14)12-11(10(15)16)4-6-17-7-11/h2-3,5H,4,6-7H2,1H3,(H,12,14)(H,15,16). The Kier molecular flexibility index (Phi) is 2.89. The summed E-state index contributed by atoms with van der Waals surface area (Å²) >= 11 is 0. The van der Waals surface area contributed by atoms with Gasteiger partial charge in [-0.3, -0.25) is 4.79 Å². The van der Waals surface area contributed by atoms with E-state index in [2.05, 4.69) is 5.32 Å². The van der Waals surface area contributed by atoms with Crippen LogP contribution in [-0.2, 0) is 16.6 Å². The number of hydrogen-bond donors (Lipinski definition) is 2. The zero-order chi connectivity index (χ0) is 12.5. The Balaban J connectivity index is 2.17. The molecule has 1 atom stereocenters. The van der Waals surface area contributed by atoms with Crippen molar-refractivity contribution < 1.29 is 19.4 Å². The van der Waals surface area contributed by atoms with E-state index in [1.807, 2.05) is 0 Å². The monoisotopic (exact) mass is 238 g/mol. The molecule has 0 radical (unpaired) electrons. The smallest absolute Gasteiger partial charge is 0.331 e. The van der Waals surface area contributed by atoms with Gasteiger partial charge < -0.3 is 19.7 Å². The molecule has 6 heteroatoms. The van der Waals surface area contributed by atoms with Crippen molar-refractivity contribution in [2.24, 2.45) is 7.05 Å². The third-order valence-electron chi connectivity index (χ3n) is 2.96. The fraction of sp³-hybridized carbons (Fsp3) is 0.455. The third kappa shape index (κ3) is 2.03. The Labute approximate surface area is 98.2 Å². The van der Waals surface area contributed by atoms with Crippen molar-refractivity contribution in [3.63, 3.8) is 0 Å². The number of ether oxygens (including phenoxy) is 1. The fourth-order valence-electron chi connectivity index (χ4n) is 1.86. The van der Waals surface area contributed by atoms with Gasteiger partial charge in [-0.05, 0) is 12.1 Å². The molecule has 1 aromatic rings. The molecule has 6 nitrogen and oxygen atoms in total. The molecule has 2 heterocycles. The SMILES string of the molecule is Cn1cccc1C(=O)NC1(C(=O)O)CCOC1. The molecule has 2 rings (SSSR count). The highest BCUT2D eigenvalue weighted by molar-refractivity contribution is 5.96. The molecule has 1 fully saturated rings. The van der Waals surface area contributed by atoms with Gasteiger partial charge in [0.25, 0.3) is 5.91 Å². The maximum absolute atomic E-state index is 11.9. The molecule has 0 spiro atoms. The minimum atomic E-state index is -1.29. The normalized spacial score (nSPS) is 23.6. The van der Waals surface area contributed by atoms with Crippen molar-refractivity contribution in [2.45, 2.75) is 12.0 Å². The predicted molar refractivity (Wildman–Crippen MR) is 58.7 cm³/mol. The number of carboxylic acid groups (broad SMARTS) is 1. The summed E-state index contributed by atoms with van der Waals surface area (Å²) in [5, 5.41) is 11.7. The van der Waals surface area contributed by atoms with Gasteiger partial charge in [0.05, 0.1) is 6.61 Å². The summed E-state index contributed by atoms with van der Waals surface area (Å²) in [6, 6.07) is 3.37. The minimum Gasteiger partial charge on any atom is -0.479 e. The summed E-state index contributed by atoms with van der Waals surface area (Å²) in [6.07, 6.45) is 2.02. The Morgan fingerprint density at radius 2 is 2.35 bits per heavy atom. The van der Waals surface area contributed by atoms with E-state index < -0.39 is 17.4 Å². The summed E-state index contributed by atoms with van der Waals surface area (Å²) in [7, 11) is 1.73. The van der Waals surface area contributed by atoms with Crippen LogP contribution in [-0.4, -0.2) is 40.3 Å². The van der Waals surface area contributed by atoms with Crippen LogP contribution < -0.4 is 5.32 Å². The number of carboxylic acids is 1. The fourth-order valence-corrected chi connectivity index (χ4v) is 1.86. The maximum atomic E-state index is 11.9. The van der Waals surface area contributed by atoms with E-state index in [-0.39, 0.29) is 6.61 Å². The zero-order valence-electron chi connectivity index (χ0n) is 9.47. The first kappa shape index (κ1) is 11.7. The lowest BCUT2D eigenvalue weighted by Crippen LogP contribution is -2.55. The van der Waals surface area contributed by atoms with Gasteiger partial charge >= 0.3 is 5.97 Å². The van der Waals surface area contributed by atoms with Crippen LogP contribution in [0.2, 0.25) is 0 Å². The highest BCUT2D eigenvalue weighted by Gasteiger charge is 2.44. The molecule has 0 aliphatic carbocycles. The van der Waals surface area contributed by atoms with Gasteiger partial charge in [0.15, 0.2) is 5.54 Å². The molecule has 1 unspecified atom stereocenters. The lowest BCUT2D eigenvalue weighted by molar-refractivity contribution is -0.144. The van der Waals surface area contributed by atoms with E-state index in [9.17, 15) is 14.7 Å². The van der Waals surface area contributed by atoms with Crippen LogP contribution in [0.25, 0.3) is 0 Å². The van der Waals surface area contributed by atoms with Crippen LogP contribution in [0.3, 0.4) is 0 Å². The van der Waals surface area contributed by atoms with Crippen LogP contribution in [0.15, 0.2) is 18.3 Å². The van der Waals surface area contributed by atoms with Gasteiger partial charge in [0.2, 0.25) is 0 Å². The molecule has 1 amide bonds. The zero-order valence-corrected chi connectivity index (χ0v) is 9.47. The van der Waals surface area contributed by atoms with Crippen LogP contribution >= 0.6 is 0 Å². The largest absolute Gasteiger partial charge is 0.479 e. The first-order valence-electron chi connectivity index (χ1n) is 5.30. The third-order valence-corrected chi connectivity index (χ3v) is 2.96. The van der Waals surface area contributed by atoms with E-state index in [1.165, 1.54) is 0 Å². The molecule has 1 saturated heterocycles. The number of aryl methyl sites for hydroxylation is 1. The highest BCUT2D eigenvalue weighted by atomic mass is 16.5. The van der Waals surface area contributed by atoms with Crippen molar-refractivity contribution in [1.29, 1.82) is 0 Å².